The van der Waals surface area contributed by atoms with Crippen molar-refractivity contribution in [3.63, 3.8) is 0 Å². The summed E-state index contributed by atoms with van der Waals surface area (Å²) in [6.07, 6.45) is 1.07. The average molecular weight is 441 g/mol. The number of fused-ring (bicyclic) bond motifs is 1. The van der Waals surface area contributed by atoms with Gasteiger partial charge in [-0.2, -0.15) is 5.10 Å². The molecule has 0 unspecified atom stereocenters. The van der Waals surface area contributed by atoms with Crippen LogP contribution in [0.2, 0.25) is 5.02 Å². The Bertz CT molecular complexity index is 1170. The molecule has 0 saturated heterocycles. The molecule has 3 rings (SSSR count). The molecule has 0 atom stereocenters. The second kappa shape index (κ2) is 9.31. The lowest BCUT2D eigenvalue weighted by Gasteiger charge is -2.31. The van der Waals surface area contributed by atoms with Crippen molar-refractivity contribution in [2.45, 2.75) is 45.6 Å². The Kier molecular flexibility index (Phi) is 6.75. The second-order valence-corrected chi connectivity index (χ2v) is 7.66. The number of aryl methyl sites for hydroxylation is 1. The molecule has 0 aliphatic heterocycles. The molecule has 0 fully saturated rings. The maximum absolute atomic E-state index is 13.2. The molecule has 2 amide bonds. The largest absolute Gasteiger partial charge is 0.290 e. The zero-order valence-electron chi connectivity index (χ0n) is 17.7. The molecule has 2 aromatic carbocycles. The van der Waals surface area contributed by atoms with Gasteiger partial charge in [-0.15, -0.1) is 0 Å². The predicted octanol–water partition coefficient (Wildman–Crippen LogP) is 3.59. The van der Waals surface area contributed by atoms with Crippen LogP contribution in [0.4, 0.5) is 0 Å². The van der Waals surface area contributed by atoms with Crippen molar-refractivity contribution >= 4 is 34.2 Å². The molecule has 0 aliphatic carbocycles. The van der Waals surface area contributed by atoms with Gasteiger partial charge in [0.15, 0.2) is 5.69 Å². The number of hydrazine groups is 1. The minimum absolute atomic E-state index is 0.0717. The molecule has 1 aromatic heterocycles. The quantitative estimate of drug-likeness (QED) is 0.573. The molecule has 0 aliphatic rings. The van der Waals surface area contributed by atoms with Gasteiger partial charge >= 0.3 is 0 Å². The highest BCUT2D eigenvalue weighted by atomic mass is 35.5. The first-order chi connectivity index (χ1) is 14.9. The van der Waals surface area contributed by atoms with Crippen molar-refractivity contribution in [2.75, 3.05) is 0 Å². The van der Waals surface area contributed by atoms with Crippen molar-refractivity contribution < 1.29 is 9.59 Å². The normalized spacial score (nSPS) is 11.4. The lowest BCUT2D eigenvalue weighted by atomic mass is 9.75. The maximum atomic E-state index is 13.2. The summed E-state index contributed by atoms with van der Waals surface area (Å²) in [6.45, 7) is 5.94. The number of halogens is 1. The summed E-state index contributed by atoms with van der Waals surface area (Å²) < 4.78 is 1.23. The van der Waals surface area contributed by atoms with Crippen molar-refractivity contribution in [3.8, 4) is 0 Å². The molecule has 8 heteroatoms. The molecule has 1 heterocycles. The minimum atomic E-state index is -0.824. The summed E-state index contributed by atoms with van der Waals surface area (Å²) >= 11 is 5.99. The summed E-state index contributed by atoms with van der Waals surface area (Å²) in [5.74, 6) is -0.926. The van der Waals surface area contributed by atoms with Gasteiger partial charge in [0.2, 0.25) is 5.91 Å². The van der Waals surface area contributed by atoms with Gasteiger partial charge in [0, 0.05) is 17.0 Å². The number of aromatic nitrogens is 2. The van der Waals surface area contributed by atoms with E-state index >= 15 is 0 Å². The fraction of sp³-hybridized carbons (Fsp3) is 0.304. The molecular weight excluding hydrogens is 416 g/mol. The number of hydrogen-bond donors (Lipinski definition) is 2. The van der Waals surface area contributed by atoms with E-state index in [4.69, 9.17) is 11.6 Å². The maximum Gasteiger partial charge on any atom is 0.290 e. The third-order valence-corrected chi connectivity index (χ3v) is 5.96. The van der Waals surface area contributed by atoms with Gasteiger partial charge in [-0.25, -0.2) is 4.68 Å². The Balaban J connectivity index is 1.89. The molecular formula is C23H25ClN4O3. The number of nitrogens with zero attached hydrogens (tertiary/aromatic N) is 2. The van der Waals surface area contributed by atoms with E-state index < -0.39 is 11.3 Å². The Morgan fingerprint density at radius 2 is 1.58 bits per heavy atom. The Labute approximate surface area is 185 Å². The third-order valence-electron chi connectivity index (χ3n) is 5.71. The zero-order valence-corrected chi connectivity index (χ0v) is 18.5. The van der Waals surface area contributed by atoms with E-state index in [1.165, 1.54) is 4.68 Å². The number of rotatable bonds is 6. The first-order valence-electron chi connectivity index (χ1n) is 10.2. The van der Waals surface area contributed by atoms with Crippen LogP contribution in [-0.2, 0) is 16.8 Å². The number of amides is 2. The van der Waals surface area contributed by atoms with Crippen LogP contribution < -0.4 is 16.4 Å². The fourth-order valence-corrected chi connectivity index (χ4v) is 3.91. The molecule has 31 heavy (non-hydrogen) atoms. The summed E-state index contributed by atoms with van der Waals surface area (Å²) in [6, 6.07) is 13.9. The molecule has 0 spiro atoms. The Morgan fingerprint density at radius 1 is 0.968 bits per heavy atom. The van der Waals surface area contributed by atoms with Gasteiger partial charge < -0.3 is 0 Å². The number of carbonyl (C=O) groups is 2. The highest BCUT2D eigenvalue weighted by Gasteiger charge is 2.37. The summed E-state index contributed by atoms with van der Waals surface area (Å²) in [5, 5.41) is 5.61. The van der Waals surface area contributed by atoms with Gasteiger partial charge in [0.1, 0.15) is 0 Å². The monoisotopic (exact) mass is 440 g/mol. The molecule has 0 radical (unpaired) electrons. The van der Waals surface area contributed by atoms with E-state index in [9.17, 15) is 14.4 Å². The van der Waals surface area contributed by atoms with Crippen LogP contribution in [-0.4, -0.2) is 21.6 Å². The number of carbonyl (C=O) groups excluding carboxylic acids is 2. The Morgan fingerprint density at radius 3 is 2.16 bits per heavy atom. The van der Waals surface area contributed by atoms with Crippen LogP contribution >= 0.6 is 11.6 Å². The summed E-state index contributed by atoms with van der Waals surface area (Å²) in [4.78, 5) is 38.5. The molecule has 0 saturated carbocycles. The van der Waals surface area contributed by atoms with Crippen molar-refractivity contribution in [1.29, 1.82) is 0 Å². The molecule has 3 aromatic rings. The van der Waals surface area contributed by atoms with E-state index in [1.54, 1.807) is 43.3 Å². The first kappa shape index (κ1) is 22.5. The van der Waals surface area contributed by atoms with Crippen LogP contribution in [0.1, 0.15) is 49.7 Å². The lowest BCUT2D eigenvalue weighted by molar-refractivity contribution is -0.128. The van der Waals surface area contributed by atoms with E-state index in [2.05, 4.69) is 16.0 Å². The van der Waals surface area contributed by atoms with Crippen LogP contribution in [0.5, 0.6) is 0 Å². The van der Waals surface area contributed by atoms with Gasteiger partial charge in [0.05, 0.1) is 10.8 Å². The molecule has 7 nitrogen and oxygen atoms in total. The topological polar surface area (TPSA) is 93.1 Å². The summed E-state index contributed by atoms with van der Waals surface area (Å²) in [7, 11) is 0. The van der Waals surface area contributed by atoms with Gasteiger partial charge in [-0.3, -0.25) is 25.2 Å². The van der Waals surface area contributed by atoms with Crippen LogP contribution in [0.15, 0.2) is 53.3 Å². The van der Waals surface area contributed by atoms with Crippen molar-refractivity contribution in [1.82, 2.24) is 20.6 Å². The van der Waals surface area contributed by atoms with Gasteiger partial charge in [-0.1, -0.05) is 55.8 Å². The number of hydrogen-bond acceptors (Lipinski definition) is 4. The SMILES string of the molecule is CCn1nc(C(=O)NNC(=O)C(CC)(CC)c2ccc(Cl)cc2)c2ccccc2c1=O. The van der Waals surface area contributed by atoms with E-state index in [0.29, 0.717) is 35.2 Å². The third kappa shape index (κ3) is 4.18. The second-order valence-electron chi connectivity index (χ2n) is 7.22. The summed E-state index contributed by atoms with van der Waals surface area (Å²) in [5.41, 5.74) is 4.83. The van der Waals surface area contributed by atoms with Crippen molar-refractivity contribution in [3.05, 3.63) is 75.2 Å². The molecule has 0 bridgehead atoms. The average Bonchev–Trinajstić information content (AvgIpc) is 2.80. The number of benzene rings is 2. The van der Waals surface area contributed by atoms with Crippen LogP contribution in [0.3, 0.4) is 0 Å². The zero-order chi connectivity index (χ0) is 22.6. The Hall–Kier alpha value is -3.19. The smallest absolute Gasteiger partial charge is 0.272 e. The van der Waals surface area contributed by atoms with Crippen LogP contribution in [0, 0.1) is 0 Å². The van der Waals surface area contributed by atoms with E-state index in [0.717, 1.165) is 5.56 Å². The molecule has 2 N–H and O–H groups in total. The van der Waals surface area contributed by atoms with E-state index in [1.807, 2.05) is 26.0 Å². The van der Waals surface area contributed by atoms with E-state index in [-0.39, 0.29) is 17.2 Å². The predicted molar refractivity (Wildman–Crippen MR) is 121 cm³/mol. The molecule has 162 valence electrons. The first-order valence-corrected chi connectivity index (χ1v) is 10.6. The van der Waals surface area contributed by atoms with Gasteiger partial charge in [0.25, 0.3) is 11.5 Å². The minimum Gasteiger partial charge on any atom is -0.272 e. The van der Waals surface area contributed by atoms with Gasteiger partial charge in [-0.05, 0) is 43.5 Å². The standard InChI is InChI=1S/C23H25ClN4O3/c1-4-23(5-2,15-11-13-16(24)14-12-15)22(31)26-25-20(29)19-17-9-7-8-10-18(17)21(30)28(6-3)27-19/h7-14H,4-6H2,1-3H3,(H,25,29)(H,26,31). The van der Waals surface area contributed by atoms with Crippen molar-refractivity contribution in [2.24, 2.45) is 0 Å². The lowest BCUT2D eigenvalue weighted by Crippen LogP contribution is -2.51. The highest BCUT2D eigenvalue weighted by molar-refractivity contribution is 6.30. The number of nitrogens with one attached hydrogen (secondary N) is 2. The van der Waals surface area contributed by atoms with Crippen LogP contribution in [0.25, 0.3) is 10.8 Å². The fourth-order valence-electron chi connectivity index (χ4n) is 3.79. The highest BCUT2D eigenvalue weighted by Crippen LogP contribution is 2.32.